The molecule has 0 saturated carbocycles. The van der Waals surface area contributed by atoms with Gasteiger partial charge in [0.15, 0.2) is 5.11 Å². The lowest BCUT2D eigenvalue weighted by Crippen LogP contribution is -2.19. The molecule has 15 heavy (non-hydrogen) atoms. The van der Waals surface area contributed by atoms with Crippen LogP contribution >= 0.6 is 35.4 Å². The Balaban J connectivity index is 3.21. The molecule has 0 amide bonds. The molecule has 0 bridgehead atoms. The molecule has 1 aromatic rings. The summed E-state index contributed by atoms with van der Waals surface area (Å²) < 4.78 is 0. The predicted octanol–water partition coefficient (Wildman–Crippen LogP) is 2.35. The van der Waals surface area contributed by atoms with Gasteiger partial charge in [-0.05, 0) is 24.4 Å². The molecule has 0 radical (unpaired) electrons. The maximum atomic E-state index is 10.7. The number of carboxylic acid groups (broad SMARTS) is 1. The van der Waals surface area contributed by atoms with Gasteiger partial charge in [-0.2, -0.15) is 0 Å². The molecule has 80 valence electrons. The topological polar surface area (TPSA) is 75.3 Å². The second-order valence-electron chi connectivity index (χ2n) is 2.61. The van der Waals surface area contributed by atoms with Crippen LogP contribution in [0.25, 0.3) is 0 Å². The number of carbonyl (C=O) groups is 1. The summed E-state index contributed by atoms with van der Waals surface area (Å²) in [5.41, 5.74) is 5.55. The van der Waals surface area contributed by atoms with Crippen molar-refractivity contribution in [3.05, 3.63) is 27.7 Å². The molecule has 0 aliphatic heterocycles. The average Bonchev–Trinajstić information content (AvgIpc) is 2.10. The molecule has 0 unspecified atom stereocenters. The summed E-state index contributed by atoms with van der Waals surface area (Å²) in [4.78, 5) is 10.7. The summed E-state index contributed by atoms with van der Waals surface area (Å²) in [5, 5.41) is 11.6. The highest BCUT2D eigenvalue weighted by molar-refractivity contribution is 7.80. The van der Waals surface area contributed by atoms with E-state index in [1.165, 1.54) is 12.1 Å². The minimum absolute atomic E-state index is 0.00140. The average molecular weight is 265 g/mol. The van der Waals surface area contributed by atoms with E-state index < -0.39 is 5.97 Å². The predicted molar refractivity (Wildman–Crippen MR) is 63.8 cm³/mol. The van der Waals surface area contributed by atoms with Crippen LogP contribution in [0, 0.1) is 0 Å². The second kappa shape index (κ2) is 4.65. The van der Waals surface area contributed by atoms with E-state index >= 15 is 0 Å². The second-order valence-corrected chi connectivity index (χ2v) is 3.86. The molecule has 0 aliphatic carbocycles. The Kier molecular flexibility index (Phi) is 3.73. The van der Waals surface area contributed by atoms with E-state index in [1.54, 1.807) is 0 Å². The van der Waals surface area contributed by atoms with Crippen LogP contribution in [0.3, 0.4) is 0 Å². The quantitative estimate of drug-likeness (QED) is 0.715. The standard InChI is InChI=1S/C8H6Cl2N2O2S/c9-4-1-3(7(13)14)2-5(10)6(4)12-8(11)15/h1-2H,(H,13,14)(H3,11,12,15). The van der Waals surface area contributed by atoms with Crippen molar-refractivity contribution in [1.82, 2.24) is 0 Å². The van der Waals surface area contributed by atoms with Gasteiger partial charge in [0.05, 0.1) is 21.3 Å². The number of aromatic carboxylic acids is 1. The Morgan fingerprint density at radius 3 is 2.20 bits per heavy atom. The first-order chi connectivity index (χ1) is 6.91. The zero-order valence-corrected chi connectivity index (χ0v) is 9.58. The van der Waals surface area contributed by atoms with E-state index in [-0.39, 0.29) is 20.7 Å². The van der Waals surface area contributed by atoms with Gasteiger partial charge in [0.25, 0.3) is 0 Å². The summed E-state index contributed by atoms with van der Waals surface area (Å²) in [7, 11) is 0. The molecular weight excluding hydrogens is 259 g/mol. The van der Waals surface area contributed by atoms with Crippen molar-refractivity contribution in [1.29, 1.82) is 0 Å². The van der Waals surface area contributed by atoms with Crippen LogP contribution in [0.4, 0.5) is 5.69 Å². The number of rotatable bonds is 2. The Bertz CT molecular complexity index is 414. The van der Waals surface area contributed by atoms with Crippen LogP contribution in [-0.2, 0) is 0 Å². The van der Waals surface area contributed by atoms with Crippen molar-refractivity contribution in [3.8, 4) is 0 Å². The molecular formula is C8H6Cl2N2O2S. The third kappa shape index (κ3) is 2.95. The van der Waals surface area contributed by atoms with E-state index in [1.807, 2.05) is 0 Å². The van der Waals surface area contributed by atoms with Crippen molar-refractivity contribution in [2.75, 3.05) is 5.32 Å². The fourth-order valence-corrected chi connectivity index (χ4v) is 1.62. The zero-order chi connectivity index (χ0) is 11.6. The van der Waals surface area contributed by atoms with E-state index in [4.69, 9.17) is 34.0 Å². The largest absolute Gasteiger partial charge is 0.478 e. The molecule has 0 spiro atoms. The van der Waals surface area contributed by atoms with Crippen molar-refractivity contribution >= 4 is 52.2 Å². The molecule has 0 aromatic heterocycles. The number of nitrogens with two attached hydrogens (primary N) is 1. The maximum Gasteiger partial charge on any atom is 0.335 e. The molecule has 0 fully saturated rings. The van der Waals surface area contributed by atoms with E-state index in [2.05, 4.69) is 17.5 Å². The zero-order valence-electron chi connectivity index (χ0n) is 7.25. The van der Waals surface area contributed by atoms with E-state index in [0.717, 1.165) is 0 Å². The van der Waals surface area contributed by atoms with Crippen LogP contribution in [0.1, 0.15) is 10.4 Å². The van der Waals surface area contributed by atoms with E-state index in [0.29, 0.717) is 5.69 Å². The number of benzene rings is 1. The van der Waals surface area contributed by atoms with Crippen molar-refractivity contribution in [3.63, 3.8) is 0 Å². The SMILES string of the molecule is NC(=S)Nc1c(Cl)cc(C(=O)O)cc1Cl. The van der Waals surface area contributed by atoms with Gasteiger partial charge in [-0.15, -0.1) is 0 Å². The van der Waals surface area contributed by atoms with Gasteiger partial charge < -0.3 is 16.2 Å². The normalized spacial score (nSPS) is 9.73. The van der Waals surface area contributed by atoms with Gasteiger partial charge in [-0.1, -0.05) is 23.2 Å². The molecule has 0 aliphatic rings. The molecule has 7 heteroatoms. The highest BCUT2D eigenvalue weighted by Crippen LogP contribution is 2.31. The lowest BCUT2D eigenvalue weighted by atomic mass is 10.2. The van der Waals surface area contributed by atoms with E-state index in [9.17, 15) is 4.79 Å². The Morgan fingerprint density at radius 2 is 1.87 bits per heavy atom. The Hall–Kier alpha value is -1.04. The molecule has 0 heterocycles. The van der Waals surface area contributed by atoms with Gasteiger partial charge in [0, 0.05) is 0 Å². The lowest BCUT2D eigenvalue weighted by molar-refractivity contribution is 0.0697. The first-order valence-corrected chi connectivity index (χ1v) is 4.87. The molecule has 1 rings (SSSR count). The highest BCUT2D eigenvalue weighted by Gasteiger charge is 2.12. The number of hydrogen-bond donors (Lipinski definition) is 3. The molecule has 1 aromatic carbocycles. The number of hydrogen-bond acceptors (Lipinski definition) is 2. The third-order valence-corrected chi connectivity index (χ3v) is 2.24. The van der Waals surface area contributed by atoms with Crippen molar-refractivity contribution < 1.29 is 9.90 Å². The third-order valence-electron chi connectivity index (χ3n) is 1.54. The smallest absolute Gasteiger partial charge is 0.335 e. The van der Waals surface area contributed by atoms with Crippen LogP contribution in [0.15, 0.2) is 12.1 Å². The van der Waals surface area contributed by atoms with Gasteiger partial charge in [-0.3, -0.25) is 0 Å². The number of thiocarbonyl (C=S) groups is 1. The highest BCUT2D eigenvalue weighted by atomic mass is 35.5. The van der Waals surface area contributed by atoms with Gasteiger partial charge in [0.2, 0.25) is 0 Å². The molecule has 0 atom stereocenters. The number of anilines is 1. The van der Waals surface area contributed by atoms with Crippen molar-refractivity contribution in [2.45, 2.75) is 0 Å². The fraction of sp³-hybridized carbons (Fsp3) is 0. The van der Waals surface area contributed by atoms with Crippen LogP contribution < -0.4 is 11.1 Å². The van der Waals surface area contributed by atoms with Gasteiger partial charge in [0.1, 0.15) is 0 Å². The lowest BCUT2D eigenvalue weighted by Gasteiger charge is -2.09. The summed E-state index contributed by atoms with van der Waals surface area (Å²) in [5.74, 6) is -1.11. The minimum atomic E-state index is -1.11. The maximum absolute atomic E-state index is 10.7. The number of halogens is 2. The first-order valence-electron chi connectivity index (χ1n) is 3.70. The minimum Gasteiger partial charge on any atom is -0.478 e. The summed E-state index contributed by atoms with van der Waals surface area (Å²) in [6, 6.07) is 2.52. The van der Waals surface area contributed by atoms with Crippen LogP contribution in [0.2, 0.25) is 10.0 Å². The Labute approximate surface area is 101 Å². The van der Waals surface area contributed by atoms with Crippen LogP contribution in [0.5, 0.6) is 0 Å². The fourth-order valence-electron chi connectivity index (χ4n) is 0.939. The first kappa shape index (κ1) is 12.0. The molecule has 4 N–H and O–H groups in total. The van der Waals surface area contributed by atoms with Gasteiger partial charge >= 0.3 is 5.97 Å². The summed E-state index contributed by atoms with van der Waals surface area (Å²) in [6.45, 7) is 0. The molecule has 0 saturated heterocycles. The van der Waals surface area contributed by atoms with Crippen LogP contribution in [-0.4, -0.2) is 16.2 Å². The number of carboxylic acids is 1. The summed E-state index contributed by atoms with van der Waals surface area (Å²) in [6.07, 6.45) is 0. The Morgan fingerprint density at radius 1 is 1.40 bits per heavy atom. The van der Waals surface area contributed by atoms with Gasteiger partial charge in [-0.25, -0.2) is 4.79 Å². The van der Waals surface area contributed by atoms with Crippen molar-refractivity contribution in [2.24, 2.45) is 5.73 Å². The summed E-state index contributed by atoms with van der Waals surface area (Å²) >= 11 is 16.2. The molecule has 4 nitrogen and oxygen atoms in total. The number of nitrogens with one attached hydrogen (secondary N) is 1. The monoisotopic (exact) mass is 264 g/mol.